The number of esters is 1. The molecule has 0 saturated heterocycles. The molecule has 0 saturated carbocycles. The summed E-state index contributed by atoms with van der Waals surface area (Å²) in [7, 11) is 0. The van der Waals surface area contributed by atoms with Gasteiger partial charge in [0.25, 0.3) is 0 Å². The van der Waals surface area contributed by atoms with Crippen molar-refractivity contribution in [2.24, 2.45) is 0 Å². The van der Waals surface area contributed by atoms with Crippen LogP contribution in [-0.4, -0.2) is 33.4 Å². The summed E-state index contributed by atoms with van der Waals surface area (Å²) in [5.74, 6) is -1.78. The van der Waals surface area contributed by atoms with E-state index in [4.69, 9.17) is 9.84 Å². The molecule has 0 bridgehead atoms. The van der Waals surface area contributed by atoms with E-state index in [9.17, 15) is 15.0 Å². The standard InChI is InChI=1S/C13H19NO5/c1-13(2,3)19-10(16)7-14-6-8-4-5-9(15)12(18)11(8)17/h4-5,14-15,17-18H,6-7H2,1-3H3. The van der Waals surface area contributed by atoms with Gasteiger partial charge < -0.3 is 25.4 Å². The second-order valence-corrected chi connectivity index (χ2v) is 5.13. The molecule has 6 nitrogen and oxygen atoms in total. The first-order valence-corrected chi connectivity index (χ1v) is 5.86. The number of nitrogens with one attached hydrogen (secondary N) is 1. The lowest BCUT2D eigenvalue weighted by molar-refractivity contribution is -0.153. The molecule has 106 valence electrons. The Bertz CT molecular complexity index is 465. The van der Waals surface area contributed by atoms with E-state index in [1.807, 2.05) is 0 Å². The third-order valence-electron chi connectivity index (χ3n) is 2.22. The number of rotatable bonds is 4. The normalized spacial score (nSPS) is 11.3. The Morgan fingerprint density at radius 1 is 1.21 bits per heavy atom. The van der Waals surface area contributed by atoms with Gasteiger partial charge in [-0.3, -0.25) is 4.79 Å². The minimum absolute atomic E-state index is 0.0155. The lowest BCUT2D eigenvalue weighted by atomic mass is 10.1. The molecule has 0 spiro atoms. The van der Waals surface area contributed by atoms with Crippen LogP contribution in [0.25, 0.3) is 0 Å². The van der Waals surface area contributed by atoms with Crippen LogP contribution >= 0.6 is 0 Å². The molecule has 1 aromatic carbocycles. The summed E-state index contributed by atoms with van der Waals surface area (Å²) in [5, 5.41) is 30.8. The van der Waals surface area contributed by atoms with Crippen molar-refractivity contribution in [3.05, 3.63) is 17.7 Å². The average molecular weight is 269 g/mol. The van der Waals surface area contributed by atoms with Gasteiger partial charge in [0, 0.05) is 12.1 Å². The summed E-state index contributed by atoms with van der Waals surface area (Å²) < 4.78 is 5.10. The van der Waals surface area contributed by atoms with Crippen molar-refractivity contribution in [1.29, 1.82) is 0 Å². The van der Waals surface area contributed by atoms with E-state index in [-0.39, 0.29) is 13.1 Å². The average Bonchev–Trinajstić information content (AvgIpc) is 2.27. The van der Waals surface area contributed by atoms with Gasteiger partial charge in [-0.05, 0) is 26.8 Å². The quantitative estimate of drug-likeness (QED) is 0.485. The summed E-state index contributed by atoms with van der Waals surface area (Å²) in [6.45, 7) is 5.47. The topological polar surface area (TPSA) is 99.0 Å². The molecular formula is C13H19NO5. The predicted molar refractivity (Wildman–Crippen MR) is 69.0 cm³/mol. The van der Waals surface area contributed by atoms with Gasteiger partial charge in [0.2, 0.25) is 5.75 Å². The number of hydrogen-bond donors (Lipinski definition) is 4. The van der Waals surface area contributed by atoms with E-state index in [0.717, 1.165) is 0 Å². The fraction of sp³-hybridized carbons (Fsp3) is 0.462. The summed E-state index contributed by atoms with van der Waals surface area (Å²) in [6.07, 6.45) is 0. The molecule has 0 atom stereocenters. The minimum Gasteiger partial charge on any atom is -0.504 e. The molecule has 19 heavy (non-hydrogen) atoms. The van der Waals surface area contributed by atoms with E-state index in [2.05, 4.69) is 5.32 Å². The van der Waals surface area contributed by atoms with Gasteiger partial charge in [-0.1, -0.05) is 6.07 Å². The molecule has 1 rings (SSSR count). The number of phenolic OH excluding ortho intramolecular Hbond substituents is 3. The van der Waals surface area contributed by atoms with E-state index < -0.39 is 28.8 Å². The highest BCUT2D eigenvalue weighted by Gasteiger charge is 2.16. The number of benzene rings is 1. The molecule has 6 heteroatoms. The lowest BCUT2D eigenvalue weighted by Gasteiger charge is -2.19. The third kappa shape index (κ3) is 4.67. The smallest absolute Gasteiger partial charge is 0.320 e. The van der Waals surface area contributed by atoms with Crippen LogP contribution in [0.15, 0.2) is 12.1 Å². The van der Waals surface area contributed by atoms with E-state index in [1.54, 1.807) is 20.8 Å². The van der Waals surface area contributed by atoms with Crippen LogP contribution in [-0.2, 0) is 16.1 Å². The van der Waals surface area contributed by atoms with Gasteiger partial charge in [0.15, 0.2) is 11.5 Å². The summed E-state index contributed by atoms with van der Waals surface area (Å²) in [5.41, 5.74) is -0.170. The van der Waals surface area contributed by atoms with Gasteiger partial charge in [-0.2, -0.15) is 0 Å². The van der Waals surface area contributed by atoms with Gasteiger partial charge in [-0.15, -0.1) is 0 Å². The lowest BCUT2D eigenvalue weighted by Crippen LogP contribution is -2.31. The fourth-order valence-corrected chi connectivity index (χ4v) is 1.43. The van der Waals surface area contributed by atoms with Crippen molar-refractivity contribution in [3.8, 4) is 17.2 Å². The monoisotopic (exact) mass is 269 g/mol. The van der Waals surface area contributed by atoms with Crippen molar-refractivity contribution in [1.82, 2.24) is 5.32 Å². The highest BCUT2D eigenvalue weighted by Crippen LogP contribution is 2.36. The Morgan fingerprint density at radius 2 is 1.84 bits per heavy atom. The zero-order valence-corrected chi connectivity index (χ0v) is 11.2. The molecule has 1 aromatic rings. The van der Waals surface area contributed by atoms with E-state index in [1.165, 1.54) is 12.1 Å². The molecule has 0 amide bonds. The Hall–Kier alpha value is -1.95. The minimum atomic E-state index is -0.573. The molecule has 0 aliphatic heterocycles. The zero-order valence-electron chi connectivity index (χ0n) is 11.2. The molecule has 4 N–H and O–H groups in total. The number of ether oxygens (including phenoxy) is 1. The van der Waals surface area contributed by atoms with Gasteiger partial charge in [0.05, 0.1) is 6.54 Å². The second kappa shape index (κ2) is 5.79. The van der Waals surface area contributed by atoms with Crippen LogP contribution < -0.4 is 5.32 Å². The number of hydrogen-bond acceptors (Lipinski definition) is 6. The Labute approximate surface area is 111 Å². The first-order valence-electron chi connectivity index (χ1n) is 5.86. The highest BCUT2D eigenvalue weighted by atomic mass is 16.6. The Kier molecular flexibility index (Phi) is 4.61. The molecule has 0 fully saturated rings. The summed E-state index contributed by atoms with van der Waals surface area (Å²) in [4.78, 5) is 11.4. The van der Waals surface area contributed by atoms with Crippen LogP contribution in [0.4, 0.5) is 0 Å². The van der Waals surface area contributed by atoms with E-state index in [0.29, 0.717) is 5.56 Å². The number of phenols is 3. The fourth-order valence-electron chi connectivity index (χ4n) is 1.43. The molecule has 0 heterocycles. The maximum absolute atomic E-state index is 11.4. The van der Waals surface area contributed by atoms with Gasteiger partial charge >= 0.3 is 5.97 Å². The Morgan fingerprint density at radius 3 is 2.42 bits per heavy atom. The van der Waals surface area contributed by atoms with E-state index >= 15 is 0 Å². The molecule has 0 aromatic heterocycles. The third-order valence-corrected chi connectivity index (χ3v) is 2.22. The number of aromatic hydroxyl groups is 3. The summed E-state index contributed by atoms with van der Waals surface area (Å²) >= 11 is 0. The van der Waals surface area contributed by atoms with Crippen molar-refractivity contribution in [2.45, 2.75) is 32.9 Å². The van der Waals surface area contributed by atoms with Crippen molar-refractivity contribution >= 4 is 5.97 Å². The van der Waals surface area contributed by atoms with Crippen LogP contribution in [0.3, 0.4) is 0 Å². The zero-order chi connectivity index (χ0) is 14.6. The molecular weight excluding hydrogens is 250 g/mol. The van der Waals surface area contributed by atoms with Crippen LogP contribution in [0.1, 0.15) is 26.3 Å². The second-order valence-electron chi connectivity index (χ2n) is 5.13. The van der Waals surface area contributed by atoms with Gasteiger partial charge in [0.1, 0.15) is 5.60 Å². The first-order chi connectivity index (χ1) is 8.70. The summed E-state index contributed by atoms with van der Waals surface area (Å²) in [6, 6.07) is 2.71. The van der Waals surface area contributed by atoms with Gasteiger partial charge in [-0.25, -0.2) is 0 Å². The highest BCUT2D eigenvalue weighted by molar-refractivity contribution is 5.72. The molecule has 0 aliphatic rings. The molecule has 0 aliphatic carbocycles. The van der Waals surface area contributed by atoms with Crippen molar-refractivity contribution in [3.63, 3.8) is 0 Å². The van der Waals surface area contributed by atoms with Crippen LogP contribution in [0.5, 0.6) is 17.2 Å². The first kappa shape index (κ1) is 15.1. The molecule has 0 unspecified atom stereocenters. The number of carbonyl (C=O) groups excluding carboxylic acids is 1. The predicted octanol–water partition coefficient (Wildman–Crippen LogP) is 1.23. The Balaban J connectivity index is 2.50. The SMILES string of the molecule is CC(C)(C)OC(=O)CNCc1ccc(O)c(O)c1O. The maximum Gasteiger partial charge on any atom is 0.320 e. The maximum atomic E-state index is 11.4. The van der Waals surface area contributed by atoms with Crippen molar-refractivity contribution in [2.75, 3.05) is 6.54 Å². The molecule has 0 radical (unpaired) electrons. The number of carbonyl (C=O) groups is 1. The largest absolute Gasteiger partial charge is 0.504 e. The van der Waals surface area contributed by atoms with Crippen LogP contribution in [0, 0.1) is 0 Å². The van der Waals surface area contributed by atoms with Crippen LogP contribution in [0.2, 0.25) is 0 Å². The van der Waals surface area contributed by atoms with Crippen molar-refractivity contribution < 1.29 is 24.9 Å².